The smallest absolute Gasteiger partial charge is 0.261 e. The van der Waals surface area contributed by atoms with Crippen molar-refractivity contribution in [1.29, 1.82) is 0 Å². The molecule has 29 heavy (non-hydrogen) atoms. The first kappa shape index (κ1) is 19.0. The van der Waals surface area contributed by atoms with E-state index in [4.69, 9.17) is 4.74 Å². The maximum Gasteiger partial charge on any atom is 0.261 e. The molecule has 0 amide bonds. The van der Waals surface area contributed by atoms with Gasteiger partial charge in [0.15, 0.2) is 0 Å². The van der Waals surface area contributed by atoms with E-state index in [-0.39, 0.29) is 4.90 Å². The van der Waals surface area contributed by atoms with E-state index in [1.165, 1.54) is 12.1 Å². The molecule has 6 nitrogen and oxygen atoms in total. The van der Waals surface area contributed by atoms with Crippen LogP contribution in [0.3, 0.4) is 0 Å². The van der Waals surface area contributed by atoms with Crippen molar-refractivity contribution in [3.63, 3.8) is 0 Å². The average Bonchev–Trinajstić information content (AvgIpc) is 3.14. The van der Waals surface area contributed by atoms with Gasteiger partial charge in [-0.05, 0) is 62.4 Å². The fourth-order valence-corrected chi connectivity index (χ4v) is 4.17. The number of pyridine rings is 1. The van der Waals surface area contributed by atoms with E-state index in [1.54, 1.807) is 24.3 Å². The molecule has 0 saturated carbocycles. The molecule has 0 aliphatic carbocycles. The minimum absolute atomic E-state index is 0.176. The van der Waals surface area contributed by atoms with Crippen molar-refractivity contribution >= 4 is 21.4 Å². The van der Waals surface area contributed by atoms with Crippen LogP contribution >= 0.6 is 0 Å². The predicted octanol–water partition coefficient (Wildman–Crippen LogP) is 4.51. The van der Waals surface area contributed by atoms with Crippen molar-refractivity contribution in [3.05, 3.63) is 78.6 Å². The summed E-state index contributed by atoms with van der Waals surface area (Å²) >= 11 is 0. The molecular formula is C22H21N3O3S. The summed E-state index contributed by atoms with van der Waals surface area (Å²) in [4.78, 5) is 4.81. The highest BCUT2D eigenvalue weighted by Gasteiger charge is 2.15. The minimum atomic E-state index is -3.71. The monoisotopic (exact) mass is 407 g/mol. The summed E-state index contributed by atoms with van der Waals surface area (Å²) in [7, 11) is -3.71. The number of sulfonamides is 1. The Balaban J connectivity index is 1.62. The molecule has 4 aromatic rings. The SMILES string of the molecule is CCOc1ccc(S(=O)(=O)Nc2cccc(-c3cn4c(C)cccc4n3)c2)cc1. The standard InChI is InChI=1S/C22H21N3O3S/c1-3-28-19-10-12-20(13-11-19)29(26,27)24-18-8-5-7-17(14-18)21-15-25-16(2)6-4-9-22(25)23-21/h4-15,24H,3H2,1-2H3. The number of aryl methyl sites for hydroxylation is 1. The number of rotatable bonds is 6. The van der Waals surface area contributed by atoms with Crippen LogP contribution in [0.1, 0.15) is 12.6 Å². The molecule has 0 atom stereocenters. The summed E-state index contributed by atoms with van der Waals surface area (Å²) in [6, 6.07) is 19.5. The largest absolute Gasteiger partial charge is 0.494 e. The highest BCUT2D eigenvalue weighted by atomic mass is 32.2. The van der Waals surface area contributed by atoms with Gasteiger partial charge in [0.25, 0.3) is 10.0 Å². The number of hydrogen-bond donors (Lipinski definition) is 1. The van der Waals surface area contributed by atoms with Crippen LogP contribution in [0.25, 0.3) is 16.9 Å². The van der Waals surface area contributed by atoms with Crippen molar-refractivity contribution in [2.45, 2.75) is 18.7 Å². The van der Waals surface area contributed by atoms with Gasteiger partial charge in [-0.2, -0.15) is 0 Å². The quantitative estimate of drug-likeness (QED) is 0.510. The van der Waals surface area contributed by atoms with Crippen molar-refractivity contribution in [3.8, 4) is 17.0 Å². The number of nitrogens with one attached hydrogen (secondary N) is 1. The second-order valence-corrected chi connectivity index (χ2v) is 8.29. The summed E-state index contributed by atoms with van der Waals surface area (Å²) in [5.74, 6) is 0.635. The van der Waals surface area contributed by atoms with Crippen LogP contribution in [0.5, 0.6) is 5.75 Å². The molecule has 0 fully saturated rings. The number of imidazole rings is 1. The van der Waals surface area contributed by atoms with Crippen LogP contribution in [-0.4, -0.2) is 24.4 Å². The highest BCUT2D eigenvalue weighted by Crippen LogP contribution is 2.25. The Labute approximate surface area is 169 Å². The van der Waals surface area contributed by atoms with E-state index in [1.807, 2.05) is 54.8 Å². The molecule has 0 aliphatic heterocycles. The molecule has 2 aromatic carbocycles. The fourth-order valence-electron chi connectivity index (χ4n) is 3.13. The summed E-state index contributed by atoms with van der Waals surface area (Å²) in [5, 5.41) is 0. The van der Waals surface area contributed by atoms with Gasteiger partial charge in [-0.3, -0.25) is 4.72 Å². The summed E-state index contributed by atoms with van der Waals surface area (Å²) in [5.41, 5.74) is 4.01. The van der Waals surface area contributed by atoms with Gasteiger partial charge < -0.3 is 9.14 Å². The molecule has 0 radical (unpaired) electrons. The molecule has 2 heterocycles. The molecule has 0 bridgehead atoms. The van der Waals surface area contributed by atoms with Crippen LogP contribution in [0.15, 0.2) is 77.8 Å². The fraction of sp³-hybridized carbons (Fsp3) is 0.136. The summed E-state index contributed by atoms with van der Waals surface area (Å²) < 4.78 is 35.5. The van der Waals surface area contributed by atoms with E-state index >= 15 is 0 Å². The zero-order chi connectivity index (χ0) is 20.4. The number of hydrogen-bond acceptors (Lipinski definition) is 4. The van der Waals surface area contributed by atoms with Crippen molar-refractivity contribution < 1.29 is 13.2 Å². The predicted molar refractivity (Wildman–Crippen MR) is 114 cm³/mol. The normalized spacial score (nSPS) is 11.5. The highest BCUT2D eigenvalue weighted by molar-refractivity contribution is 7.92. The maximum absolute atomic E-state index is 12.7. The third-order valence-corrected chi connectivity index (χ3v) is 5.95. The van der Waals surface area contributed by atoms with Gasteiger partial charge in [0, 0.05) is 23.1 Å². The molecule has 4 rings (SSSR count). The van der Waals surface area contributed by atoms with Crippen molar-refractivity contribution in [1.82, 2.24) is 9.38 Å². The Morgan fingerprint density at radius 2 is 1.79 bits per heavy atom. The van der Waals surface area contributed by atoms with Crippen LogP contribution in [0.4, 0.5) is 5.69 Å². The zero-order valence-corrected chi connectivity index (χ0v) is 17.0. The number of fused-ring (bicyclic) bond motifs is 1. The zero-order valence-electron chi connectivity index (χ0n) is 16.2. The summed E-state index contributed by atoms with van der Waals surface area (Å²) in [6.07, 6.45) is 1.95. The molecule has 0 aliphatic rings. The van der Waals surface area contributed by atoms with Gasteiger partial charge in [0.2, 0.25) is 0 Å². The third kappa shape index (κ3) is 3.95. The maximum atomic E-state index is 12.7. The van der Waals surface area contributed by atoms with Crippen LogP contribution in [0.2, 0.25) is 0 Å². The second-order valence-electron chi connectivity index (χ2n) is 6.61. The van der Waals surface area contributed by atoms with Gasteiger partial charge in [0.1, 0.15) is 11.4 Å². The molecular weight excluding hydrogens is 386 g/mol. The van der Waals surface area contributed by atoms with Crippen LogP contribution in [-0.2, 0) is 10.0 Å². The molecule has 0 unspecified atom stereocenters. The molecule has 1 N–H and O–H groups in total. The van der Waals surface area contributed by atoms with Crippen molar-refractivity contribution in [2.75, 3.05) is 11.3 Å². The molecule has 148 valence electrons. The Morgan fingerprint density at radius 1 is 1.03 bits per heavy atom. The molecule has 7 heteroatoms. The summed E-state index contributed by atoms with van der Waals surface area (Å²) in [6.45, 7) is 4.42. The Bertz CT molecular complexity index is 1260. The van der Waals surface area contributed by atoms with E-state index in [0.717, 1.165) is 22.6 Å². The first-order valence-electron chi connectivity index (χ1n) is 9.27. The van der Waals surface area contributed by atoms with Gasteiger partial charge in [-0.15, -0.1) is 0 Å². The van der Waals surface area contributed by atoms with Gasteiger partial charge >= 0.3 is 0 Å². The molecule has 0 spiro atoms. The number of nitrogens with zero attached hydrogens (tertiary/aromatic N) is 2. The lowest BCUT2D eigenvalue weighted by Crippen LogP contribution is -2.12. The van der Waals surface area contributed by atoms with Crippen LogP contribution < -0.4 is 9.46 Å². The topological polar surface area (TPSA) is 72.7 Å². The third-order valence-electron chi connectivity index (χ3n) is 4.55. The minimum Gasteiger partial charge on any atom is -0.494 e. The van der Waals surface area contributed by atoms with Gasteiger partial charge in [-0.25, -0.2) is 13.4 Å². The Kier molecular flexibility index (Phi) is 4.98. The number of ether oxygens (including phenoxy) is 1. The first-order valence-corrected chi connectivity index (χ1v) is 10.8. The first-order chi connectivity index (χ1) is 14.0. The van der Waals surface area contributed by atoms with E-state index < -0.39 is 10.0 Å². The van der Waals surface area contributed by atoms with Gasteiger partial charge in [-0.1, -0.05) is 18.2 Å². The Hall–Kier alpha value is -3.32. The van der Waals surface area contributed by atoms with E-state index in [9.17, 15) is 8.42 Å². The number of benzene rings is 2. The lowest BCUT2D eigenvalue weighted by Gasteiger charge is -2.10. The lowest BCUT2D eigenvalue weighted by atomic mass is 10.1. The Morgan fingerprint density at radius 3 is 2.52 bits per heavy atom. The van der Waals surface area contributed by atoms with E-state index in [2.05, 4.69) is 9.71 Å². The average molecular weight is 407 g/mol. The van der Waals surface area contributed by atoms with E-state index in [0.29, 0.717) is 18.0 Å². The number of aromatic nitrogens is 2. The van der Waals surface area contributed by atoms with Crippen molar-refractivity contribution in [2.24, 2.45) is 0 Å². The number of anilines is 1. The lowest BCUT2D eigenvalue weighted by molar-refractivity contribution is 0.340. The molecule has 2 aromatic heterocycles. The van der Waals surface area contributed by atoms with Crippen LogP contribution in [0, 0.1) is 6.92 Å². The molecule has 0 saturated heterocycles. The van der Waals surface area contributed by atoms with Gasteiger partial charge in [0.05, 0.1) is 17.2 Å². The second kappa shape index (κ2) is 7.60.